The molecule has 0 spiro atoms. The Morgan fingerprint density at radius 1 is 1.27 bits per heavy atom. The number of hydrogen-bond donors (Lipinski definition) is 1. The minimum absolute atomic E-state index is 0. The van der Waals surface area contributed by atoms with E-state index in [0.717, 1.165) is 18.9 Å². The second-order valence-electron chi connectivity index (χ2n) is 3.88. The SMILES string of the molecule is Cl.NC(c1ccc(F)cc1F)C1CCC1. The van der Waals surface area contributed by atoms with E-state index in [1.54, 1.807) is 0 Å². The fourth-order valence-corrected chi connectivity index (χ4v) is 1.82. The summed E-state index contributed by atoms with van der Waals surface area (Å²) < 4.78 is 25.9. The van der Waals surface area contributed by atoms with Gasteiger partial charge in [0.05, 0.1) is 0 Å². The van der Waals surface area contributed by atoms with Gasteiger partial charge in [-0.1, -0.05) is 12.5 Å². The van der Waals surface area contributed by atoms with Gasteiger partial charge in [0.2, 0.25) is 0 Å². The van der Waals surface area contributed by atoms with E-state index in [1.165, 1.54) is 18.6 Å². The number of nitrogens with two attached hydrogens (primary N) is 1. The van der Waals surface area contributed by atoms with Crippen molar-refractivity contribution in [1.82, 2.24) is 0 Å². The molecule has 15 heavy (non-hydrogen) atoms. The zero-order valence-electron chi connectivity index (χ0n) is 8.25. The van der Waals surface area contributed by atoms with Crippen molar-refractivity contribution in [2.75, 3.05) is 0 Å². The van der Waals surface area contributed by atoms with Gasteiger partial charge < -0.3 is 5.73 Å². The van der Waals surface area contributed by atoms with Crippen molar-refractivity contribution in [2.24, 2.45) is 11.7 Å². The molecule has 1 nitrogen and oxygen atoms in total. The van der Waals surface area contributed by atoms with Gasteiger partial charge >= 0.3 is 0 Å². The van der Waals surface area contributed by atoms with Crippen LogP contribution < -0.4 is 5.73 Å². The van der Waals surface area contributed by atoms with E-state index in [-0.39, 0.29) is 18.4 Å². The molecular formula is C11H14ClF2N. The Bertz CT molecular complexity index is 339. The van der Waals surface area contributed by atoms with Crippen molar-refractivity contribution in [1.29, 1.82) is 0 Å². The Labute approximate surface area is 94.1 Å². The van der Waals surface area contributed by atoms with Crippen molar-refractivity contribution in [3.8, 4) is 0 Å². The minimum Gasteiger partial charge on any atom is -0.324 e. The third kappa shape index (κ3) is 2.47. The van der Waals surface area contributed by atoms with Crippen molar-refractivity contribution in [3.05, 3.63) is 35.4 Å². The Kier molecular flexibility index (Phi) is 4.05. The van der Waals surface area contributed by atoms with Crippen LogP contribution in [0.3, 0.4) is 0 Å². The van der Waals surface area contributed by atoms with Crippen molar-refractivity contribution in [3.63, 3.8) is 0 Å². The molecule has 1 aromatic carbocycles. The van der Waals surface area contributed by atoms with E-state index < -0.39 is 11.6 Å². The highest BCUT2D eigenvalue weighted by Crippen LogP contribution is 2.36. The van der Waals surface area contributed by atoms with Crippen molar-refractivity contribution >= 4 is 12.4 Å². The first-order chi connectivity index (χ1) is 6.68. The Morgan fingerprint density at radius 2 is 1.93 bits per heavy atom. The van der Waals surface area contributed by atoms with Gasteiger partial charge in [-0.25, -0.2) is 8.78 Å². The highest BCUT2D eigenvalue weighted by molar-refractivity contribution is 5.85. The first-order valence-corrected chi connectivity index (χ1v) is 4.89. The highest BCUT2D eigenvalue weighted by Gasteiger charge is 2.27. The van der Waals surface area contributed by atoms with Crippen LogP contribution in [0.4, 0.5) is 8.78 Å². The Balaban J connectivity index is 0.00000112. The molecule has 84 valence electrons. The van der Waals surface area contributed by atoms with Crippen LogP contribution in [-0.2, 0) is 0 Å². The topological polar surface area (TPSA) is 26.0 Å². The van der Waals surface area contributed by atoms with Crippen LogP contribution in [0, 0.1) is 17.6 Å². The van der Waals surface area contributed by atoms with Gasteiger partial charge in [-0.05, 0) is 24.8 Å². The maximum atomic E-state index is 13.3. The summed E-state index contributed by atoms with van der Waals surface area (Å²) in [6.45, 7) is 0. The first-order valence-electron chi connectivity index (χ1n) is 4.89. The van der Waals surface area contributed by atoms with Gasteiger partial charge in [0.1, 0.15) is 11.6 Å². The molecule has 1 saturated carbocycles. The molecule has 0 amide bonds. The molecule has 0 radical (unpaired) electrons. The van der Waals surface area contributed by atoms with Gasteiger partial charge in [-0.15, -0.1) is 12.4 Å². The molecule has 2 rings (SSSR count). The average Bonchev–Trinajstić information content (AvgIpc) is 2.00. The van der Waals surface area contributed by atoms with Crippen LogP contribution in [0.15, 0.2) is 18.2 Å². The monoisotopic (exact) mass is 233 g/mol. The summed E-state index contributed by atoms with van der Waals surface area (Å²) in [7, 11) is 0. The van der Waals surface area contributed by atoms with Crippen LogP contribution in [0.1, 0.15) is 30.9 Å². The molecule has 4 heteroatoms. The number of hydrogen-bond acceptors (Lipinski definition) is 1. The van der Waals surface area contributed by atoms with E-state index in [2.05, 4.69) is 0 Å². The molecule has 2 N–H and O–H groups in total. The molecule has 0 heterocycles. The van der Waals surface area contributed by atoms with Gasteiger partial charge in [-0.3, -0.25) is 0 Å². The molecular weight excluding hydrogens is 220 g/mol. The molecule has 1 aromatic rings. The lowest BCUT2D eigenvalue weighted by Gasteiger charge is -2.31. The molecule has 0 aliphatic heterocycles. The third-order valence-electron chi connectivity index (χ3n) is 2.98. The predicted octanol–water partition coefficient (Wildman–Crippen LogP) is 3.19. The lowest BCUT2D eigenvalue weighted by atomic mass is 9.77. The van der Waals surface area contributed by atoms with E-state index in [0.29, 0.717) is 11.5 Å². The Hall–Kier alpha value is -0.670. The van der Waals surface area contributed by atoms with Crippen LogP contribution in [0.2, 0.25) is 0 Å². The molecule has 0 bridgehead atoms. The summed E-state index contributed by atoms with van der Waals surface area (Å²) in [6.07, 6.45) is 3.27. The van der Waals surface area contributed by atoms with Gasteiger partial charge in [0.25, 0.3) is 0 Å². The largest absolute Gasteiger partial charge is 0.324 e. The molecule has 1 fully saturated rings. The molecule has 1 aliphatic rings. The van der Waals surface area contributed by atoms with Crippen molar-refractivity contribution in [2.45, 2.75) is 25.3 Å². The number of benzene rings is 1. The summed E-state index contributed by atoms with van der Waals surface area (Å²) in [6, 6.07) is 3.34. The first kappa shape index (κ1) is 12.4. The summed E-state index contributed by atoms with van der Waals surface area (Å²) in [5.41, 5.74) is 6.33. The minimum atomic E-state index is -0.549. The fourth-order valence-electron chi connectivity index (χ4n) is 1.82. The smallest absolute Gasteiger partial charge is 0.130 e. The maximum Gasteiger partial charge on any atom is 0.130 e. The molecule has 1 atom stereocenters. The van der Waals surface area contributed by atoms with Crippen LogP contribution in [-0.4, -0.2) is 0 Å². The summed E-state index contributed by atoms with van der Waals surface area (Å²) >= 11 is 0. The normalized spacial score (nSPS) is 17.8. The Morgan fingerprint density at radius 3 is 2.40 bits per heavy atom. The second-order valence-corrected chi connectivity index (χ2v) is 3.88. The number of rotatable bonds is 2. The molecule has 0 aromatic heterocycles. The summed E-state index contributed by atoms with van der Waals surface area (Å²) in [5, 5.41) is 0. The molecule has 1 aliphatic carbocycles. The fraction of sp³-hybridized carbons (Fsp3) is 0.455. The van der Waals surface area contributed by atoms with E-state index >= 15 is 0 Å². The lowest BCUT2D eigenvalue weighted by molar-refractivity contribution is 0.260. The lowest BCUT2D eigenvalue weighted by Crippen LogP contribution is -2.27. The van der Waals surface area contributed by atoms with Crippen molar-refractivity contribution < 1.29 is 8.78 Å². The number of halogens is 3. The molecule has 0 saturated heterocycles. The molecule has 1 unspecified atom stereocenters. The summed E-state index contributed by atoms with van der Waals surface area (Å²) in [4.78, 5) is 0. The van der Waals surface area contributed by atoms with Crippen LogP contribution in [0.25, 0.3) is 0 Å². The van der Waals surface area contributed by atoms with E-state index in [4.69, 9.17) is 5.73 Å². The van der Waals surface area contributed by atoms with E-state index in [9.17, 15) is 8.78 Å². The van der Waals surface area contributed by atoms with Gasteiger partial charge in [-0.2, -0.15) is 0 Å². The quantitative estimate of drug-likeness (QED) is 0.834. The maximum absolute atomic E-state index is 13.3. The zero-order chi connectivity index (χ0) is 10.1. The van der Waals surface area contributed by atoms with Crippen LogP contribution >= 0.6 is 12.4 Å². The predicted molar refractivity (Wildman–Crippen MR) is 57.9 cm³/mol. The summed E-state index contributed by atoms with van der Waals surface area (Å²) in [5.74, 6) is -0.702. The van der Waals surface area contributed by atoms with Gasteiger partial charge in [0.15, 0.2) is 0 Å². The standard InChI is InChI=1S/C11H13F2N.ClH/c12-8-4-5-9(10(13)6-8)11(14)7-2-1-3-7;/h4-7,11H,1-3,14H2;1H. The third-order valence-corrected chi connectivity index (χ3v) is 2.98. The van der Waals surface area contributed by atoms with E-state index in [1.807, 2.05) is 0 Å². The second kappa shape index (κ2) is 4.90. The van der Waals surface area contributed by atoms with Crippen LogP contribution in [0.5, 0.6) is 0 Å². The van der Waals surface area contributed by atoms with Gasteiger partial charge in [0, 0.05) is 17.7 Å². The highest BCUT2D eigenvalue weighted by atomic mass is 35.5. The average molecular weight is 234 g/mol. The zero-order valence-corrected chi connectivity index (χ0v) is 9.07.